The van der Waals surface area contributed by atoms with Gasteiger partial charge in [0, 0.05) is 5.54 Å². The Morgan fingerprint density at radius 1 is 1.44 bits per heavy atom. The van der Waals surface area contributed by atoms with Gasteiger partial charge >= 0.3 is 0 Å². The third-order valence-corrected chi connectivity index (χ3v) is 3.74. The molecular weight excluding hydrogens is 266 g/mol. The van der Waals surface area contributed by atoms with Crippen LogP contribution >= 0.6 is 15.9 Å². The van der Waals surface area contributed by atoms with Gasteiger partial charge in [-0.05, 0) is 52.9 Å². The number of halogens is 1. The Labute approximate surface area is 106 Å². The monoisotopic (exact) mass is 285 g/mol. The lowest BCUT2D eigenvalue weighted by molar-refractivity contribution is 0.337. The zero-order valence-electron chi connectivity index (χ0n) is 10.4. The zero-order valence-corrected chi connectivity index (χ0v) is 12.0. The Hall–Kier alpha value is -0.540. The fourth-order valence-corrected chi connectivity index (χ4v) is 2.05. The summed E-state index contributed by atoms with van der Waals surface area (Å²) < 4.78 is 6.18. The maximum absolute atomic E-state index is 6.27. The maximum Gasteiger partial charge on any atom is 0.133 e. The lowest BCUT2D eigenvalue weighted by Crippen LogP contribution is -2.43. The van der Waals surface area contributed by atoms with Crippen LogP contribution in [-0.2, 0) is 6.42 Å². The molecule has 0 saturated carbocycles. The van der Waals surface area contributed by atoms with Gasteiger partial charge in [0.1, 0.15) is 5.75 Å². The molecule has 0 aliphatic carbocycles. The van der Waals surface area contributed by atoms with Crippen molar-refractivity contribution in [2.75, 3.05) is 7.11 Å². The van der Waals surface area contributed by atoms with Crippen LogP contribution in [-0.4, -0.2) is 12.6 Å². The maximum atomic E-state index is 6.27. The fraction of sp³-hybridized carbons (Fsp3) is 0.538. The van der Waals surface area contributed by atoms with Crippen LogP contribution < -0.4 is 10.5 Å². The second-order valence-electron chi connectivity index (χ2n) is 4.81. The molecule has 1 aromatic rings. The molecular formula is C13H20BrNO. The molecule has 0 radical (unpaired) electrons. The molecule has 1 rings (SSSR count). The van der Waals surface area contributed by atoms with Crippen LogP contribution in [0.25, 0.3) is 0 Å². The molecule has 16 heavy (non-hydrogen) atoms. The van der Waals surface area contributed by atoms with Gasteiger partial charge in [-0.15, -0.1) is 0 Å². The first kappa shape index (κ1) is 13.5. The van der Waals surface area contributed by atoms with Crippen molar-refractivity contribution in [1.29, 1.82) is 0 Å². The van der Waals surface area contributed by atoms with Crippen molar-refractivity contribution in [2.45, 2.75) is 32.7 Å². The highest BCUT2D eigenvalue weighted by Crippen LogP contribution is 2.28. The smallest absolute Gasteiger partial charge is 0.133 e. The van der Waals surface area contributed by atoms with Crippen molar-refractivity contribution >= 4 is 15.9 Å². The van der Waals surface area contributed by atoms with Gasteiger partial charge in [-0.3, -0.25) is 0 Å². The molecule has 0 amide bonds. The molecule has 0 aliphatic rings. The predicted octanol–water partition coefficient (Wildman–Crippen LogP) is 3.37. The number of benzene rings is 1. The summed E-state index contributed by atoms with van der Waals surface area (Å²) in [6.45, 7) is 6.40. The van der Waals surface area contributed by atoms with Gasteiger partial charge < -0.3 is 10.5 Å². The van der Waals surface area contributed by atoms with Gasteiger partial charge in [0.2, 0.25) is 0 Å². The highest BCUT2D eigenvalue weighted by molar-refractivity contribution is 9.10. The van der Waals surface area contributed by atoms with Crippen molar-refractivity contribution in [1.82, 2.24) is 0 Å². The summed E-state index contributed by atoms with van der Waals surface area (Å²) in [6, 6.07) is 6.11. The highest BCUT2D eigenvalue weighted by atomic mass is 79.9. The summed E-state index contributed by atoms with van der Waals surface area (Å²) in [5.74, 6) is 1.31. The molecule has 90 valence electrons. The standard InChI is InChI=1S/C13H20BrNO/c1-9(2)13(3,15)8-10-5-6-12(16-4)11(14)7-10/h5-7,9H,8,15H2,1-4H3. The number of rotatable bonds is 4. The van der Waals surface area contributed by atoms with Crippen LogP contribution in [0.4, 0.5) is 0 Å². The fourth-order valence-electron chi connectivity index (χ4n) is 1.46. The van der Waals surface area contributed by atoms with Gasteiger partial charge in [0.25, 0.3) is 0 Å². The van der Waals surface area contributed by atoms with Gasteiger partial charge in [-0.1, -0.05) is 19.9 Å². The normalized spacial score (nSPS) is 14.9. The van der Waals surface area contributed by atoms with Gasteiger partial charge in [0.15, 0.2) is 0 Å². The SMILES string of the molecule is COc1ccc(CC(C)(N)C(C)C)cc1Br. The molecule has 0 heterocycles. The van der Waals surface area contributed by atoms with E-state index in [1.165, 1.54) is 5.56 Å². The van der Waals surface area contributed by atoms with E-state index in [9.17, 15) is 0 Å². The van der Waals surface area contributed by atoms with Gasteiger partial charge in [0.05, 0.1) is 11.6 Å². The van der Waals surface area contributed by atoms with Crippen molar-refractivity contribution in [2.24, 2.45) is 11.7 Å². The molecule has 0 bridgehead atoms. The molecule has 2 N–H and O–H groups in total. The zero-order chi connectivity index (χ0) is 12.3. The molecule has 3 heteroatoms. The number of ether oxygens (including phenoxy) is 1. The first-order chi connectivity index (χ1) is 7.36. The topological polar surface area (TPSA) is 35.2 Å². The minimum atomic E-state index is -0.173. The average molecular weight is 286 g/mol. The van der Waals surface area contributed by atoms with Crippen molar-refractivity contribution in [3.63, 3.8) is 0 Å². The van der Waals surface area contributed by atoms with E-state index >= 15 is 0 Å². The first-order valence-corrected chi connectivity index (χ1v) is 6.27. The Morgan fingerprint density at radius 3 is 2.50 bits per heavy atom. The molecule has 0 spiro atoms. The van der Waals surface area contributed by atoms with Crippen molar-refractivity contribution in [3.8, 4) is 5.75 Å². The summed E-state index contributed by atoms with van der Waals surface area (Å²) in [5, 5.41) is 0. The summed E-state index contributed by atoms with van der Waals surface area (Å²) in [5.41, 5.74) is 7.32. The summed E-state index contributed by atoms with van der Waals surface area (Å²) in [6.07, 6.45) is 0.868. The van der Waals surface area contributed by atoms with Crippen LogP contribution in [0, 0.1) is 5.92 Å². The molecule has 0 aromatic heterocycles. The Morgan fingerprint density at radius 2 is 2.06 bits per heavy atom. The van der Waals surface area contributed by atoms with Crippen LogP contribution in [0.5, 0.6) is 5.75 Å². The van der Waals surface area contributed by atoms with Crippen LogP contribution in [0.3, 0.4) is 0 Å². The second kappa shape index (κ2) is 5.19. The summed E-state index contributed by atoms with van der Waals surface area (Å²) >= 11 is 3.49. The lowest BCUT2D eigenvalue weighted by Gasteiger charge is -2.29. The van der Waals surface area contributed by atoms with E-state index in [2.05, 4.69) is 48.8 Å². The lowest BCUT2D eigenvalue weighted by atomic mass is 9.84. The third-order valence-electron chi connectivity index (χ3n) is 3.12. The summed E-state index contributed by atoms with van der Waals surface area (Å²) in [7, 11) is 1.67. The van der Waals surface area contributed by atoms with Crippen molar-refractivity contribution < 1.29 is 4.74 Å². The molecule has 1 aromatic carbocycles. The minimum Gasteiger partial charge on any atom is -0.496 e. The molecule has 1 unspecified atom stereocenters. The van der Waals surface area contributed by atoms with E-state index in [4.69, 9.17) is 10.5 Å². The highest BCUT2D eigenvalue weighted by Gasteiger charge is 2.23. The first-order valence-electron chi connectivity index (χ1n) is 5.48. The van der Waals surface area contributed by atoms with Crippen molar-refractivity contribution in [3.05, 3.63) is 28.2 Å². The van der Waals surface area contributed by atoms with Crippen LogP contribution in [0.15, 0.2) is 22.7 Å². The number of nitrogens with two attached hydrogens (primary N) is 1. The van der Waals surface area contributed by atoms with E-state index < -0.39 is 0 Å². The van der Waals surface area contributed by atoms with E-state index in [0.29, 0.717) is 5.92 Å². The Bertz CT molecular complexity index is 361. The summed E-state index contributed by atoms with van der Waals surface area (Å²) in [4.78, 5) is 0. The van der Waals surface area contributed by atoms with E-state index in [1.54, 1.807) is 7.11 Å². The van der Waals surface area contributed by atoms with Gasteiger partial charge in [-0.2, -0.15) is 0 Å². The molecule has 0 fully saturated rings. The van der Waals surface area contributed by atoms with E-state index in [0.717, 1.165) is 16.6 Å². The van der Waals surface area contributed by atoms with Crippen LogP contribution in [0.1, 0.15) is 26.3 Å². The number of hydrogen-bond donors (Lipinski definition) is 1. The quantitative estimate of drug-likeness (QED) is 0.921. The number of hydrogen-bond acceptors (Lipinski definition) is 2. The largest absolute Gasteiger partial charge is 0.496 e. The molecule has 0 saturated heterocycles. The van der Waals surface area contributed by atoms with E-state index in [-0.39, 0.29) is 5.54 Å². The molecule has 2 nitrogen and oxygen atoms in total. The van der Waals surface area contributed by atoms with E-state index in [1.807, 2.05) is 6.07 Å². The Balaban J connectivity index is 2.87. The predicted molar refractivity (Wildman–Crippen MR) is 71.8 cm³/mol. The molecule has 0 aliphatic heterocycles. The average Bonchev–Trinajstić information content (AvgIpc) is 2.17. The van der Waals surface area contributed by atoms with Crippen LogP contribution in [0.2, 0.25) is 0 Å². The third kappa shape index (κ3) is 3.22. The second-order valence-corrected chi connectivity index (χ2v) is 5.66. The minimum absolute atomic E-state index is 0.173. The molecule has 1 atom stereocenters. The Kier molecular flexibility index (Phi) is 4.39. The number of methoxy groups -OCH3 is 1. The van der Waals surface area contributed by atoms with Gasteiger partial charge in [-0.25, -0.2) is 0 Å².